The highest BCUT2D eigenvalue weighted by Gasteiger charge is 2.52. The minimum absolute atomic E-state index is 0.0185. The van der Waals surface area contributed by atoms with Gasteiger partial charge in [0.15, 0.2) is 6.61 Å². The largest absolute Gasteiger partial charge is 0.455 e. The Bertz CT molecular complexity index is 1340. The Balaban J connectivity index is 1.28. The Hall–Kier alpha value is -4.01. The number of aromatic nitrogens is 2. The molecule has 0 unspecified atom stereocenters. The number of rotatable bonds is 5. The molecule has 2 amide bonds. The molecule has 1 spiro atoms. The summed E-state index contributed by atoms with van der Waals surface area (Å²) in [5, 5.41) is 7.55. The highest BCUT2D eigenvalue weighted by atomic mass is 16.5. The molecule has 2 heterocycles. The first-order valence-electron chi connectivity index (χ1n) is 11.3. The van der Waals surface area contributed by atoms with Crippen LogP contribution in [0.25, 0.3) is 10.9 Å². The average Bonchev–Trinajstić information content (AvgIpc) is 3.33. The van der Waals surface area contributed by atoms with E-state index in [1.54, 1.807) is 47.1 Å². The normalized spacial score (nSPS) is 16.4. The van der Waals surface area contributed by atoms with Gasteiger partial charge >= 0.3 is 5.97 Å². The van der Waals surface area contributed by atoms with Crippen molar-refractivity contribution in [2.24, 2.45) is 0 Å². The van der Waals surface area contributed by atoms with Crippen molar-refractivity contribution < 1.29 is 19.1 Å². The number of carbonyl (C=O) groups excluding carboxylic acids is 3. The number of carbonyl (C=O) groups is 3. The molecule has 5 rings (SSSR count). The Morgan fingerprint density at radius 1 is 1.03 bits per heavy atom. The van der Waals surface area contributed by atoms with Crippen molar-refractivity contribution >= 4 is 40.1 Å². The molecule has 1 saturated carbocycles. The quantitative estimate of drug-likeness (QED) is 0.586. The van der Waals surface area contributed by atoms with Gasteiger partial charge in [-0.15, -0.1) is 0 Å². The lowest BCUT2D eigenvalue weighted by atomic mass is 9.90. The first kappa shape index (κ1) is 21.8. The molecule has 9 heteroatoms. The zero-order valence-corrected chi connectivity index (χ0v) is 18.5. The molecule has 1 fully saturated rings. The first-order chi connectivity index (χ1) is 16.5. The Kier molecular flexibility index (Phi) is 5.61. The molecule has 1 N–H and O–H groups in total. The van der Waals surface area contributed by atoms with Crippen LogP contribution in [0.15, 0.2) is 59.5 Å². The van der Waals surface area contributed by atoms with Crippen LogP contribution in [0.1, 0.15) is 32.1 Å². The number of hydrogen-bond donors (Lipinski definition) is 1. The molecule has 0 saturated heterocycles. The number of fused-ring (bicyclic) bond motifs is 2. The first-order valence-corrected chi connectivity index (χ1v) is 11.3. The molecule has 1 aliphatic heterocycles. The van der Waals surface area contributed by atoms with E-state index < -0.39 is 24.0 Å². The zero-order chi connectivity index (χ0) is 23.7. The molecule has 9 nitrogen and oxygen atoms in total. The highest BCUT2D eigenvalue weighted by molar-refractivity contribution is 6.15. The van der Waals surface area contributed by atoms with Crippen LogP contribution in [0, 0.1) is 0 Å². The second-order valence-electron chi connectivity index (χ2n) is 8.60. The molecule has 0 radical (unpaired) electrons. The summed E-state index contributed by atoms with van der Waals surface area (Å²) < 4.78 is 6.87. The fourth-order valence-corrected chi connectivity index (χ4v) is 4.94. The van der Waals surface area contributed by atoms with Crippen molar-refractivity contribution in [3.63, 3.8) is 0 Å². The number of amides is 2. The molecule has 1 aromatic heterocycles. The van der Waals surface area contributed by atoms with Crippen LogP contribution in [0.2, 0.25) is 0 Å². The van der Waals surface area contributed by atoms with Crippen molar-refractivity contribution in [1.29, 1.82) is 0 Å². The van der Waals surface area contributed by atoms with Crippen molar-refractivity contribution in [2.75, 3.05) is 16.8 Å². The zero-order valence-electron chi connectivity index (χ0n) is 18.5. The summed E-state index contributed by atoms with van der Waals surface area (Å²) in [6.07, 6.45) is 4.03. The average molecular weight is 460 g/mol. The summed E-state index contributed by atoms with van der Waals surface area (Å²) in [6, 6.07) is 14.2. The number of nitrogens with one attached hydrogen (secondary N) is 1. The second kappa shape index (κ2) is 8.74. The van der Waals surface area contributed by atoms with Gasteiger partial charge in [0.1, 0.15) is 5.54 Å². The monoisotopic (exact) mass is 460 g/mol. The van der Waals surface area contributed by atoms with Crippen LogP contribution in [-0.2, 0) is 25.7 Å². The van der Waals surface area contributed by atoms with Gasteiger partial charge in [-0.3, -0.25) is 28.8 Å². The van der Waals surface area contributed by atoms with E-state index in [-0.39, 0.29) is 24.3 Å². The fourth-order valence-electron chi connectivity index (χ4n) is 4.94. The molecule has 3 aromatic rings. The van der Waals surface area contributed by atoms with Gasteiger partial charge in [-0.2, -0.15) is 5.10 Å². The smallest absolute Gasteiger partial charge is 0.308 e. The van der Waals surface area contributed by atoms with Gasteiger partial charge in [-0.25, -0.2) is 0 Å². The van der Waals surface area contributed by atoms with Crippen LogP contribution < -0.4 is 15.6 Å². The number of nitrogens with zero attached hydrogens (tertiary/aromatic N) is 3. The number of ether oxygens (including phenoxy) is 1. The minimum atomic E-state index is -0.948. The van der Waals surface area contributed by atoms with Crippen molar-refractivity contribution in [3.8, 4) is 0 Å². The lowest BCUT2D eigenvalue weighted by molar-refractivity contribution is -0.148. The Morgan fingerprint density at radius 2 is 1.76 bits per heavy atom. The maximum atomic E-state index is 13.3. The number of benzene rings is 2. The summed E-state index contributed by atoms with van der Waals surface area (Å²) in [4.78, 5) is 52.2. The standard InChI is InChI=1S/C25H24N4O5/c30-21-15-26-28(19-9-3-1-7-17(19)21)14-11-23(32)34-16-22(31)29-20-10-4-2-8-18(20)27-24(33)25(29)12-5-6-13-25/h1-4,7-10,15H,5-6,11-14,16H2,(H,27,33). The molecule has 0 atom stereocenters. The maximum Gasteiger partial charge on any atom is 0.308 e. The van der Waals surface area contributed by atoms with Crippen LogP contribution in [0.3, 0.4) is 0 Å². The number of hydrogen-bond acceptors (Lipinski definition) is 6. The van der Waals surface area contributed by atoms with Gasteiger partial charge in [0.05, 0.1) is 36.1 Å². The molecule has 34 heavy (non-hydrogen) atoms. The number of para-hydroxylation sites is 3. The molecule has 174 valence electrons. The molecular formula is C25H24N4O5. The van der Waals surface area contributed by atoms with Gasteiger partial charge in [0, 0.05) is 5.39 Å². The van der Waals surface area contributed by atoms with Crippen LogP contribution in [0.5, 0.6) is 0 Å². The summed E-state index contributed by atoms with van der Waals surface area (Å²) in [7, 11) is 0. The summed E-state index contributed by atoms with van der Waals surface area (Å²) in [5.41, 5.74) is 0.677. The van der Waals surface area contributed by atoms with Crippen LogP contribution >= 0.6 is 0 Å². The Labute approximate surface area is 195 Å². The third kappa shape index (κ3) is 3.72. The molecule has 0 bridgehead atoms. The van der Waals surface area contributed by atoms with Crippen molar-refractivity contribution in [3.05, 3.63) is 65.0 Å². The molecule has 1 aliphatic carbocycles. The van der Waals surface area contributed by atoms with Crippen molar-refractivity contribution in [1.82, 2.24) is 9.78 Å². The van der Waals surface area contributed by atoms with E-state index in [0.29, 0.717) is 35.1 Å². The molecule has 2 aromatic carbocycles. The van der Waals surface area contributed by atoms with E-state index >= 15 is 0 Å². The number of anilines is 2. The van der Waals surface area contributed by atoms with E-state index in [9.17, 15) is 19.2 Å². The Morgan fingerprint density at radius 3 is 2.59 bits per heavy atom. The third-order valence-corrected chi connectivity index (χ3v) is 6.57. The van der Waals surface area contributed by atoms with E-state index in [4.69, 9.17) is 4.74 Å². The summed E-state index contributed by atoms with van der Waals surface area (Å²) in [5.74, 6) is -1.18. The van der Waals surface area contributed by atoms with Gasteiger partial charge in [0.25, 0.3) is 11.8 Å². The summed E-state index contributed by atoms with van der Waals surface area (Å²) in [6.45, 7) is -0.257. The van der Waals surface area contributed by atoms with Crippen molar-refractivity contribution in [2.45, 2.75) is 44.2 Å². The van der Waals surface area contributed by atoms with Gasteiger partial charge < -0.3 is 10.1 Å². The van der Waals surface area contributed by atoms with Gasteiger partial charge in [-0.05, 0) is 37.1 Å². The van der Waals surface area contributed by atoms with E-state index in [0.717, 1.165) is 12.8 Å². The lowest BCUT2D eigenvalue weighted by Crippen LogP contribution is -2.61. The van der Waals surface area contributed by atoms with E-state index in [2.05, 4.69) is 10.4 Å². The lowest BCUT2D eigenvalue weighted by Gasteiger charge is -2.44. The third-order valence-electron chi connectivity index (χ3n) is 6.57. The van der Waals surface area contributed by atoms with Gasteiger partial charge in [-0.1, -0.05) is 37.1 Å². The minimum Gasteiger partial charge on any atom is -0.455 e. The van der Waals surface area contributed by atoms with Crippen LogP contribution in [0.4, 0.5) is 11.4 Å². The SMILES string of the molecule is O=C(CCn1ncc(=O)c2ccccc21)OCC(=O)N1c2ccccc2NC(=O)C12CCCC2. The predicted molar refractivity (Wildman–Crippen MR) is 125 cm³/mol. The van der Waals surface area contributed by atoms with E-state index in [1.807, 2.05) is 6.07 Å². The van der Waals surface area contributed by atoms with Crippen LogP contribution in [-0.4, -0.2) is 39.7 Å². The number of aryl methyl sites for hydroxylation is 1. The highest BCUT2D eigenvalue weighted by Crippen LogP contribution is 2.45. The fraction of sp³-hybridized carbons (Fsp3) is 0.320. The number of esters is 1. The topological polar surface area (TPSA) is 111 Å². The van der Waals surface area contributed by atoms with Gasteiger partial charge in [0.2, 0.25) is 5.43 Å². The predicted octanol–water partition coefficient (Wildman–Crippen LogP) is 2.63. The molecule has 2 aliphatic rings. The second-order valence-corrected chi connectivity index (χ2v) is 8.60. The maximum absolute atomic E-state index is 13.3. The summed E-state index contributed by atoms with van der Waals surface area (Å²) >= 11 is 0. The molecular weight excluding hydrogens is 436 g/mol. The van der Waals surface area contributed by atoms with E-state index in [1.165, 1.54) is 11.1 Å².